The summed E-state index contributed by atoms with van der Waals surface area (Å²) in [5, 5.41) is 0.666. The number of amides is 1. The molecule has 1 saturated heterocycles. The summed E-state index contributed by atoms with van der Waals surface area (Å²) in [5.41, 5.74) is 4.24. The Morgan fingerprint density at radius 1 is 1.09 bits per heavy atom. The first kappa shape index (κ1) is 22.4. The van der Waals surface area contributed by atoms with E-state index in [4.69, 9.17) is 16.3 Å². The summed E-state index contributed by atoms with van der Waals surface area (Å²) in [6.07, 6.45) is 1.99. The van der Waals surface area contributed by atoms with Crippen LogP contribution in [0.15, 0.2) is 48.7 Å². The van der Waals surface area contributed by atoms with Gasteiger partial charge in [0.15, 0.2) is 0 Å². The Balaban J connectivity index is 1.48. The zero-order valence-corrected chi connectivity index (χ0v) is 19.3. The Morgan fingerprint density at radius 3 is 2.44 bits per heavy atom. The number of nitrogens with zero attached hydrogens (tertiary/aromatic N) is 3. The number of aromatic nitrogens is 1. The largest absolute Gasteiger partial charge is 0.497 e. The summed E-state index contributed by atoms with van der Waals surface area (Å²) in [7, 11) is 3.48. The Labute approximate surface area is 193 Å². The number of ether oxygens (including phenoxy) is 1. The fourth-order valence-electron chi connectivity index (χ4n) is 4.32. The van der Waals surface area contributed by atoms with Crippen molar-refractivity contribution in [2.24, 2.45) is 7.05 Å². The third-order valence-electron chi connectivity index (χ3n) is 6.01. The molecule has 5 nitrogen and oxygen atoms in total. The number of benzene rings is 2. The van der Waals surface area contributed by atoms with Gasteiger partial charge >= 0.3 is 0 Å². The topological polar surface area (TPSA) is 37.7 Å². The van der Waals surface area contributed by atoms with Crippen molar-refractivity contribution in [3.63, 3.8) is 0 Å². The summed E-state index contributed by atoms with van der Waals surface area (Å²) in [6.45, 7) is 5.05. The van der Waals surface area contributed by atoms with Gasteiger partial charge < -0.3 is 14.2 Å². The molecule has 2 heterocycles. The molecular formula is C25H27ClFN3O2. The predicted molar refractivity (Wildman–Crippen MR) is 125 cm³/mol. The summed E-state index contributed by atoms with van der Waals surface area (Å²) in [4.78, 5) is 17.5. The second-order valence-corrected chi connectivity index (χ2v) is 8.62. The molecule has 0 N–H and O–H groups in total. The van der Waals surface area contributed by atoms with Gasteiger partial charge in [-0.25, -0.2) is 4.39 Å². The molecular weight excluding hydrogens is 429 g/mol. The van der Waals surface area contributed by atoms with Crippen molar-refractivity contribution in [2.45, 2.75) is 13.5 Å². The maximum Gasteiger partial charge on any atom is 0.271 e. The van der Waals surface area contributed by atoms with Gasteiger partial charge in [0, 0.05) is 62.1 Å². The molecule has 3 aromatic rings. The fraction of sp³-hybridized carbons (Fsp3) is 0.320. The molecule has 32 heavy (non-hydrogen) atoms. The van der Waals surface area contributed by atoms with Crippen molar-refractivity contribution in [1.29, 1.82) is 0 Å². The molecule has 1 fully saturated rings. The van der Waals surface area contributed by atoms with Gasteiger partial charge in [0.1, 0.15) is 17.3 Å². The lowest BCUT2D eigenvalue weighted by Crippen LogP contribution is -2.48. The third kappa shape index (κ3) is 4.52. The van der Waals surface area contributed by atoms with Crippen LogP contribution in [0.2, 0.25) is 5.02 Å². The molecule has 4 rings (SSSR count). The maximum atomic E-state index is 14.2. The molecule has 2 aromatic carbocycles. The molecule has 0 spiro atoms. The molecule has 0 saturated carbocycles. The maximum absolute atomic E-state index is 14.2. The molecule has 1 amide bonds. The number of hydrogen-bond acceptors (Lipinski definition) is 3. The van der Waals surface area contributed by atoms with E-state index in [-0.39, 0.29) is 11.7 Å². The van der Waals surface area contributed by atoms with Gasteiger partial charge in [-0.05, 0) is 48.4 Å². The van der Waals surface area contributed by atoms with Gasteiger partial charge in [0.2, 0.25) is 0 Å². The third-order valence-corrected chi connectivity index (χ3v) is 6.26. The van der Waals surface area contributed by atoms with Crippen LogP contribution < -0.4 is 4.74 Å². The average Bonchev–Trinajstić information content (AvgIpc) is 3.09. The van der Waals surface area contributed by atoms with Gasteiger partial charge in [-0.1, -0.05) is 23.7 Å². The van der Waals surface area contributed by atoms with Gasteiger partial charge in [0.05, 0.1) is 7.11 Å². The lowest BCUT2D eigenvalue weighted by Gasteiger charge is -2.35. The summed E-state index contributed by atoms with van der Waals surface area (Å²) in [5.74, 6) is 0.415. The monoisotopic (exact) mass is 455 g/mol. The minimum absolute atomic E-state index is 0.0118. The van der Waals surface area contributed by atoms with E-state index in [1.165, 1.54) is 6.07 Å². The molecule has 0 radical (unpaired) electrons. The standard InChI is InChI=1S/C25H27ClFN3O2/c1-17-15-28(2)24(23(17)18-4-6-20(26)7-5-18)25(31)30-12-10-29(11-13-30)16-19-14-21(32-3)8-9-22(19)27/h4-9,14-15H,10-13,16H2,1-3H3. The Morgan fingerprint density at radius 2 is 1.78 bits per heavy atom. The van der Waals surface area contributed by atoms with Crippen molar-refractivity contribution in [1.82, 2.24) is 14.4 Å². The second-order valence-electron chi connectivity index (χ2n) is 8.18. The number of piperazine rings is 1. The van der Waals surface area contributed by atoms with Crippen molar-refractivity contribution >= 4 is 17.5 Å². The quantitative estimate of drug-likeness (QED) is 0.556. The molecule has 7 heteroatoms. The summed E-state index contributed by atoms with van der Waals surface area (Å²) in [6, 6.07) is 12.4. The smallest absolute Gasteiger partial charge is 0.271 e. The lowest BCUT2D eigenvalue weighted by atomic mass is 10.0. The highest BCUT2D eigenvalue weighted by Gasteiger charge is 2.27. The van der Waals surface area contributed by atoms with Crippen LogP contribution in [-0.4, -0.2) is 53.6 Å². The number of halogens is 2. The van der Waals surface area contributed by atoms with E-state index < -0.39 is 0 Å². The molecule has 1 aliphatic rings. The molecule has 1 aliphatic heterocycles. The van der Waals surface area contributed by atoms with E-state index in [0.29, 0.717) is 54.8 Å². The zero-order valence-electron chi connectivity index (χ0n) is 18.6. The Hall–Kier alpha value is -2.83. The van der Waals surface area contributed by atoms with E-state index in [1.807, 2.05) is 53.9 Å². The fourth-order valence-corrected chi connectivity index (χ4v) is 4.45. The van der Waals surface area contributed by atoms with Crippen LogP contribution in [-0.2, 0) is 13.6 Å². The molecule has 0 aliphatic carbocycles. The number of carbonyl (C=O) groups excluding carboxylic acids is 1. The Bertz CT molecular complexity index is 1120. The van der Waals surface area contributed by atoms with Gasteiger partial charge in [0.25, 0.3) is 5.91 Å². The lowest BCUT2D eigenvalue weighted by molar-refractivity contribution is 0.0618. The van der Waals surface area contributed by atoms with Gasteiger partial charge in [-0.2, -0.15) is 0 Å². The van der Waals surface area contributed by atoms with E-state index in [9.17, 15) is 9.18 Å². The summed E-state index contributed by atoms with van der Waals surface area (Å²) < 4.78 is 21.3. The highest BCUT2D eigenvalue weighted by Crippen LogP contribution is 2.31. The van der Waals surface area contributed by atoms with Crippen LogP contribution in [0, 0.1) is 12.7 Å². The van der Waals surface area contributed by atoms with Crippen LogP contribution in [0.4, 0.5) is 4.39 Å². The van der Waals surface area contributed by atoms with Crippen LogP contribution in [0.5, 0.6) is 5.75 Å². The van der Waals surface area contributed by atoms with Crippen molar-refractivity contribution in [2.75, 3.05) is 33.3 Å². The van der Waals surface area contributed by atoms with Crippen molar-refractivity contribution < 1.29 is 13.9 Å². The number of carbonyl (C=O) groups is 1. The van der Waals surface area contributed by atoms with Crippen LogP contribution in [0.3, 0.4) is 0 Å². The molecule has 0 unspecified atom stereocenters. The number of aryl methyl sites for hydroxylation is 2. The zero-order chi connectivity index (χ0) is 22.8. The van der Waals surface area contributed by atoms with Crippen molar-refractivity contribution in [3.8, 4) is 16.9 Å². The summed E-state index contributed by atoms with van der Waals surface area (Å²) >= 11 is 6.05. The van der Waals surface area contributed by atoms with E-state index >= 15 is 0 Å². The first-order valence-corrected chi connectivity index (χ1v) is 11.0. The van der Waals surface area contributed by atoms with E-state index in [0.717, 1.165) is 16.7 Å². The van der Waals surface area contributed by atoms with E-state index in [2.05, 4.69) is 4.90 Å². The normalized spacial score (nSPS) is 14.6. The first-order chi connectivity index (χ1) is 15.4. The number of hydrogen-bond donors (Lipinski definition) is 0. The minimum atomic E-state index is -0.240. The number of methoxy groups -OCH3 is 1. The molecule has 0 atom stereocenters. The average molecular weight is 456 g/mol. The highest BCUT2D eigenvalue weighted by atomic mass is 35.5. The Kier molecular flexibility index (Phi) is 6.53. The predicted octanol–water partition coefficient (Wildman–Crippen LogP) is 4.76. The number of rotatable bonds is 5. The van der Waals surface area contributed by atoms with Crippen LogP contribution >= 0.6 is 11.6 Å². The first-order valence-electron chi connectivity index (χ1n) is 10.6. The van der Waals surface area contributed by atoms with Gasteiger partial charge in [-0.3, -0.25) is 9.69 Å². The van der Waals surface area contributed by atoms with Crippen LogP contribution in [0.1, 0.15) is 21.6 Å². The molecule has 1 aromatic heterocycles. The molecule has 0 bridgehead atoms. The minimum Gasteiger partial charge on any atom is -0.497 e. The van der Waals surface area contributed by atoms with Crippen molar-refractivity contribution in [3.05, 3.63) is 76.3 Å². The van der Waals surface area contributed by atoms with E-state index in [1.54, 1.807) is 19.2 Å². The highest BCUT2D eigenvalue weighted by molar-refractivity contribution is 6.30. The van der Waals surface area contributed by atoms with Gasteiger partial charge in [-0.15, -0.1) is 0 Å². The SMILES string of the molecule is COc1ccc(F)c(CN2CCN(C(=O)c3c(-c4ccc(Cl)cc4)c(C)cn3C)CC2)c1. The molecule has 168 valence electrons. The van der Waals surface area contributed by atoms with Crippen LogP contribution in [0.25, 0.3) is 11.1 Å². The second kappa shape index (κ2) is 9.35.